The zero-order valence-corrected chi connectivity index (χ0v) is 6.87. The zero-order chi connectivity index (χ0) is 8.55. The zero-order valence-electron chi connectivity index (χ0n) is 6.87. The molecule has 1 N–H and O–H groups in total. The van der Waals surface area contributed by atoms with Crippen molar-refractivity contribution in [2.45, 2.75) is 13.3 Å². The van der Waals surface area contributed by atoms with Gasteiger partial charge in [-0.3, -0.25) is 4.79 Å². The van der Waals surface area contributed by atoms with E-state index in [-0.39, 0.29) is 5.43 Å². The summed E-state index contributed by atoms with van der Waals surface area (Å²) in [5, 5.41) is 0. The molecule has 3 heteroatoms. The van der Waals surface area contributed by atoms with Crippen LogP contribution in [-0.2, 0) is 6.42 Å². The molecule has 12 heavy (non-hydrogen) atoms. The van der Waals surface area contributed by atoms with Crippen molar-refractivity contribution in [3.63, 3.8) is 0 Å². The number of pyridine rings is 1. The van der Waals surface area contributed by atoms with Gasteiger partial charge in [0.2, 0.25) is 0 Å². The molecule has 3 nitrogen and oxygen atoms in total. The summed E-state index contributed by atoms with van der Waals surface area (Å²) < 4.78 is 1.99. The first-order valence-corrected chi connectivity index (χ1v) is 4.00. The molecule has 0 unspecified atom stereocenters. The maximum atomic E-state index is 10.9. The van der Waals surface area contributed by atoms with Crippen molar-refractivity contribution in [3.8, 4) is 0 Å². The number of nitrogens with zero attached hydrogens (tertiary/aromatic N) is 1. The number of imidazole rings is 1. The Balaban J connectivity index is 2.81. The Hall–Kier alpha value is -1.51. The van der Waals surface area contributed by atoms with Crippen LogP contribution in [0.3, 0.4) is 0 Å². The van der Waals surface area contributed by atoms with Crippen molar-refractivity contribution in [1.29, 1.82) is 0 Å². The van der Waals surface area contributed by atoms with Crippen LogP contribution in [0.1, 0.15) is 12.6 Å². The molecule has 0 saturated heterocycles. The van der Waals surface area contributed by atoms with E-state index in [0.717, 1.165) is 12.1 Å². The molecule has 0 spiro atoms. The van der Waals surface area contributed by atoms with Gasteiger partial charge in [-0.15, -0.1) is 0 Å². The van der Waals surface area contributed by atoms with Gasteiger partial charge in [-0.2, -0.15) is 0 Å². The molecule has 0 aliphatic heterocycles. The lowest BCUT2D eigenvalue weighted by atomic mass is 10.3. The van der Waals surface area contributed by atoms with Crippen LogP contribution in [-0.4, -0.2) is 9.38 Å². The number of H-pyrrole nitrogens is 1. The molecular weight excluding hydrogens is 152 g/mol. The van der Waals surface area contributed by atoms with Gasteiger partial charge >= 0.3 is 0 Å². The highest BCUT2D eigenvalue weighted by Crippen LogP contribution is 2.03. The van der Waals surface area contributed by atoms with E-state index in [1.807, 2.05) is 10.6 Å². The minimum absolute atomic E-state index is 0.0412. The van der Waals surface area contributed by atoms with E-state index in [1.54, 1.807) is 18.3 Å². The second kappa shape index (κ2) is 2.52. The van der Waals surface area contributed by atoms with Gasteiger partial charge in [-0.05, 0) is 6.42 Å². The summed E-state index contributed by atoms with van der Waals surface area (Å²) in [6.07, 6.45) is 4.69. The lowest BCUT2D eigenvalue weighted by molar-refractivity contribution is 0.993. The topological polar surface area (TPSA) is 37.3 Å². The van der Waals surface area contributed by atoms with Crippen molar-refractivity contribution in [2.75, 3.05) is 0 Å². The fourth-order valence-corrected chi connectivity index (χ4v) is 1.34. The third-order valence-corrected chi connectivity index (χ3v) is 1.98. The fraction of sp³-hybridized carbons (Fsp3) is 0.222. The Labute approximate surface area is 69.7 Å². The monoisotopic (exact) mass is 162 g/mol. The van der Waals surface area contributed by atoms with Gasteiger partial charge in [0.25, 0.3) is 0 Å². The number of aryl methyl sites for hydroxylation is 1. The molecule has 0 bridgehead atoms. The van der Waals surface area contributed by atoms with Crippen molar-refractivity contribution in [2.24, 2.45) is 0 Å². The Kier molecular flexibility index (Phi) is 1.50. The molecule has 2 aromatic heterocycles. The van der Waals surface area contributed by atoms with Crippen molar-refractivity contribution in [1.82, 2.24) is 9.38 Å². The lowest BCUT2D eigenvalue weighted by Gasteiger charge is -1.95. The molecule has 2 heterocycles. The largest absolute Gasteiger partial charge is 0.346 e. The SMILES string of the molecule is CCc1c[nH]c2cc(=O)ccn12. The number of aromatic amines is 1. The van der Waals surface area contributed by atoms with Crippen LogP contribution in [0.2, 0.25) is 0 Å². The van der Waals surface area contributed by atoms with Crippen LogP contribution in [0.15, 0.2) is 29.3 Å². The van der Waals surface area contributed by atoms with Gasteiger partial charge in [0.05, 0.1) is 0 Å². The standard InChI is InChI=1S/C9H10N2O/c1-2-7-6-10-9-5-8(12)3-4-11(7)9/h3-6,10H,2H2,1H3. The van der Waals surface area contributed by atoms with E-state index < -0.39 is 0 Å². The van der Waals surface area contributed by atoms with Crippen molar-refractivity contribution >= 4 is 5.65 Å². The number of nitrogens with one attached hydrogen (secondary N) is 1. The van der Waals surface area contributed by atoms with Crippen LogP contribution in [0.5, 0.6) is 0 Å². The number of hydrogen-bond donors (Lipinski definition) is 1. The maximum Gasteiger partial charge on any atom is 0.183 e. The Bertz CT molecular complexity index is 453. The van der Waals surface area contributed by atoms with Gasteiger partial charge in [0.1, 0.15) is 5.65 Å². The number of rotatable bonds is 1. The normalized spacial score (nSPS) is 10.8. The first-order chi connectivity index (χ1) is 5.81. The van der Waals surface area contributed by atoms with E-state index in [1.165, 1.54) is 5.69 Å². The Morgan fingerprint density at radius 1 is 1.58 bits per heavy atom. The maximum absolute atomic E-state index is 10.9. The minimum atomic E-state index is 0.0412. The second-order valence-corrected chi connectivity index (χ2v) is 2.75. The average Bonchev–Trinajstić information content (AvgIpc) is 2.46. The van der Waals surface area contributed by atoms with Crippen LogP contribution in [0.4, 0.5) is 0 Å². The second-order valence-electron chi connectivity index (χ2n) is 2.75. The van der Waals surface area contributed by atoms with Gasteiger partial charge in [0.15, 0.2) is 5.43 Å². The lowest BCUT2D eigenvalue weighted by Crippen LogP contribution is -1.99. The van der Waals surface area contributed by atoms with Gasteiger partial charge in [-0.1, -0.05) is 6.92 Å². The van der Waals surface area contributed by atoms with Crippen LogP contribution in [0.25, 0.3) is 5.65 Å². The highest BCUT2D eigenvalue weighted by Gasteiger charge is 1.98. The quantitative estimate of drug-likeness (QED) is 0.672. The molecule has 0 aliphatic rings. The predicted molar refractivity (Wildman–Crippen MR) is 47.4 cm³/mol. The first-order valence-electron chi connectivity index (χ1n) is 4.00. The Morgan fingerprint density at radius 3 is 3.17 bits per heavy atom. The smallest absolute Gasteiger partial charge is 0.183 e. The molecule has 0 aliphatic carbocycles. The number of fused-ring (bicyclic) bond motifs is 1. The summed E-state index contributed by atoms with van der Waals surface area (Å²) in [5.74, 6) is 0. The Morgan fingerprint density at radius 2 is 2.42 bits per heavy atom. The first kappa shape index (κ1) is 7.16. The summed E-state index contributed by atoms with van der Waals surface area (Å²) in [7, 11) is 0. The van der Waals surface area contributed by atoms with E-state index in [2.05, 4.69) is 11.9 Å². The van der Waals surface area contributed by atoms with Crippen molar-refractivity contribution < 1.29 is 0 Å². The summed E-state index contributed by atoms with van der Waals surface area (Å²) in [4.78, 5) is 14.0. The van der Waals surface area contributed by atoms with Crippen molar-refractivity contribution in [3.05, 3.63) is 40.4 Å². The van der Waals surface area contributed by atoms with Gasteiger partial charge < -0.3 is 9.38 Å². The van der Waals surface area contributed by atoms with Crippen LogP contribution >= 0.6 is 0 Å². The molecule has 0 aromatic carbocycles. The summed E-state index contributed by atoms with van der Waals surface area (Å²) in [6.45, 7) is 2.08. The van der Waals surface area contributed by atoms with Crippen LogP contribution < -0.4 is 5.43 Å². The summed E-state index contributed by atoms with van der Waals surface area (Å²) in [6, 6.07) is 3.17. The molecule has 2 aromatic rings. The summed E-state index contributed by atoms with van der Waals surface area (Å²) >= 11 is 0. The molecule has 0 saturated carbocycles. The highest BCUT2D eigenvalue weighted by atomic mass is 16.1. The summed E-state index contributed by atoms with van der Waals surface area (Å²) in [5.41, 5.74) is 2.09. The van der Waals surface area contributed by atoms with E-state index >= 15 is 0 Å². The van der Waals surface area contributed by atoms with E-state index in [4.69, 9.17) is 0 Å². The predicted octanol–water partition coefficient (Wildman–Crippen LogP) is 1.19. The molecule has 0 amide bonds. The molecule has 62 valence electrons. The third kappa shape index (κ3) is 0.942. The number of hydrogen-bond acceptors (Lipinski definition) is 1. The van der Waals surface area contributed by atoms with E-state index in [9.17, 15) is 4.79 Å². The third-order valence-electron chi connectivity index (χ3n) is 1.98. The van der Waals surface area contributed by atoms with Gasteiger partial charge in [-0.25, -0.2) is 0 Å². The van der Waals surface area contributed by atoms with E-state index in [0.29, 0.717) is 0 Å². The molecule has 2 rings (SSSR count). The molecule has 0 fully saturated rings. The highest BCUT2D eigenvalue weighted by molar-refractivity contribution is 5.39. The molecule has 0 atom stereocenters. The molecular formula is C9H10N2O. The fourth-order valence-electron chi connectivity index (χ4n) is 1.34. The number of aromatic nitrogens is 2. The minimum Gasteiger partial charge on any atom is -0.346 e. The molecule has 0 radical (unpaired) electrons. The van der Waals surface area contributed by atoms with Gasteiger partial charge in [0, 0.05) is 30.2 Å². The van der Waals surface area contributed by atoms with Crippen LogP contribution in [0, 0.1) is 0 Å². The average molecular weight is 162 g/mol.